The first-order chi connectivity index (χ1) is 7.97. The standard InChI is InChI=1S/C9H8Cl3N3OS/c10-9(11,12)17-15-8(16)14(6-13-15)7-4-2-1-3-5-7/h1-5,13H,6H2. The van der Waals surface area contributed by atoms with Crippen molar-refractivity contribution in [3.8, 4) is 0 Å². The Morgan fingerprint density at radius 3 is 2.47 bits per heavy atom. The maximum Gasteiger partial charge on any atom is 0.350 e. The van der Waals surface area contributed by atoms with Crippen molar-refractivity contribution in [3.63, 3.8) is 0 Å². The van der Waals surface area contributed by atoms with E-state index in [9.17, 15) is 4.79 Å². The molecule has 92 valence electrons. The number of alkyl halides is 3. The number of carbonyl (C=O) groups excluding carboxylic acids is 1. The zero-order chi connectivity index (χ0) is 12.5. The normalized spacial score (nSPS) is 16.8. The molecule has 1 N–H and O–H groups in total. The molecule has 8 heteroatoms. The summed E-state index contributed by atoms with van der Waals surface area (Å²) in [6, 6.07) is 8.99. The predicted octanol–water partition coefficient (Wildman–Crippen LogP) is 3.37. The monoisotopic (exact) mass is 311 g/mol. The SMILES string of the molecule is O=C1N(SC(Cl)(Cl)Cl)NCN1c1ccccc1. The second kappa shape index (κ2) is 5.12. The van der Waals surface area contributed by atoms with Crippen molar-refractivity contribution in [1.29, 1.82) is 0 Å². The largest absolute Gasteiger partial charge is 0.350 e. The fourth-order valence-electron chi connectivity index (χ4n) is 1.36. The summed E-state index contributed by atoms with van der Waals surface area (Å²) >= 11 is 17.6. The summed E-state index contributed by atoms with van der Waals surface area (Å²) in [5.41, 5.74) is 3.62. The summed E-state index contributed by atoms with van der Waals surface area (Å²) in [7, 11) is 0. The molecule has 0 saturated carbocycles. The van der Waals surface area contributed by atoms with E-state index in [0.29, 0.717) is 6.67 Å². The van der Waals surface area contributed by atoms with E-state index in [1.807, 2.05) is 30.3 Å². The van der Waals surface area contributed by atoms with Crippen LogP contribution >= 0.6 is 46.8 Å². The van der Waals surface area contributed by atoms with Crippen LogP contribution in [0, 0.1) is 0 Å². The van der Waals surface area contributed by atoms with Gasteiger partial charge < -0.3 is 0 Å². The maximum absolute atomic E-state index is 12.0. The number of nitrogens with one attached hydrogen (secondary N) is 1. The Hall–Kier alpha value is -0.330. The molecule has 2 amide bonds. The Morgan fingerprint density at radius 1 is 1.24 bits per heavy atom. The molecule has 0 aliphatic carbocycles. The van der Waals surface area contributed by atoms with Crippen molar-refractivity contribution in [2.24, 2.45) is 0 Å². The van der Waals surface area contributed by atoms with Crippen LogP contribution in [-0.2, 0) is 0 Å². The lowest BCUT2D eigenvalue weighted by Gasteiger charge is -2.19. The van der Waals surface area contributed by atoms with Gasteiger partial charge in [-0.25, -0.2) is 4.79 Å². The molecule has 1 aliphatic rings. The van der Waals surface area contributed by atoms with Crippen LogP contribution < -0.4 is 10.3 Å². The molecule has 0 aromatic heterocycles. The number of urea groups is 1. The Labute approximate surface area is 118 Å². The number of rotatable bonds is 2. The van der Waals surface area contributed by atoms with Gasteiger partial charge in [-0.15, -0.1) is 0 Å². The highest BCUT2D eigenvalue weighted by atomic mass is 35.6. The van der Waals surface area contributed by atoms with Crippen LogP contribution in [-0.4, -0.2) is 20.2 Å². The molecule has 0 unspecified atom stereocenters. The number of anilines is 1. The van der Waals surface area contributed by atoms with Crippen LogP contribution in [0.1, 0.15) is 0 Å². The molecule has 1 aliphatic heterocycles. The van der Waals surface area contributed by atoms with Crippen molar-refractivity contribution in [2.75, 3.05) is 11.6 Å². The van der Waals surface area contributed by atoms with Gasteiger partial charge in [0.1, 0.15) is 0 Å². The number of halogens is 3. The molecule has 0 radical (unpaired) electrons. The van der Waals surface area contributed by atoms with Crippen LogP contribution in [0.15, 0.2) is 30.3 Å². The second-order valence-corrected chi connectivity index (χ2v) is 7.31. The van der Waals surface area contributed by atoms with Crippen LogP contribution in [0.3, 0.4) is 0 Å². The van der Waals surface area contributed by atoms with Gasteiger partial charge in [0.2, 0.25) is 0 Å². The maximum atomic E-state index is 12.0. The van der Waals surface area contributed by atoms with E-state index in [1.54, 1.807) is 4.90 Å². The van der Waals surface area contributed by atoms with Crippen molar-refractivity contribution >= 4 is 58.5 Å². The predicted molar refractivity (Wildman–Crippen MR) is 72.0 cm³/mol. The lowest BCUT2D eigenvalue weighted by atomic mass is 10.3. The van der Waals surface area contributed by atoms with E-state index in [1.165, 1.54) is 4.41 Å². The summed E-state index contributed by atoms with van der Waals surface area (Å²) in [6.07, 6.45) is 0. The third-order valence-electron chi connectivity index (χ3n) is 2.04. The zero-order valence-corrected chi connectivity index (χ0v) is 11.5. The van der Waals surface area contributed by atoms with E-state index < -0.39 is 3.12 Å². The summed E-state index contributed by atoms with van der Waals surface area (Å²) in [5, 5.41) is 0. The van der Waals surface area contributed by atoms with Gasteiger partial charge >= 0.3 is 6.03 Å². The van der Waals surface area contributed by atoms with Crippen LogP contribution in [0.2, 0.25) is 0 Å². The van der Waals surface area contributed by atoms with Gasteiger partial charge in [0.25, 0.3) is 3.12 Å². The van der Waals surface area contributed by atoms with Gasteiger partial charge in [0.15, 0.2) is 0 Å². The van der Waals surface area contributed by atoms with E-state index in [2.05, 4.69) is 5.43 Å². The minimum absolute atomic E-state index is 0.271. The fourth-order valence-corrected chi connectivity index (χ4v) is 2.49. The lowest BCUT2D eigenvalue weighted by Crippen LogP contribution is -2.31. The molecule has 0 atom stereocenters. The molecule has 0 spiro atoms. The summed E-state index contributed by atoms with van der Waals surface area (Å²) in [4.78, 5) is 13.5. The van der Waals surface area contributed by atoms with Gasteiger partial charge in [-0.05, 0) is 12.1 Å². The Balaban J connectivity index is 2.08. The Morgan fingerprint density at radius 2 is 1.88 bits per heavy atom. The zero-order valence-electron chi connectivity index (χ0n) is 8.44. The second-order valence-electron chi connectivity index (χ2n) is 3.19. The highest BCUT2D eigenvalue weighted by molar-refractivity contribution is 8.03. The number of nitrogens with zero attached hydrogens (tertiary/aromatic N) is 2. The first-order valence-electron chi connectivity index (χ1n) is 4.63. The smallest absolute Gasteiger partial charge is 0.278 e. The van der Waals surface area contributed by atoms with E-state index >= 15 is 0 Å². The molecular formula is C9H8Cl3N3OS. The molecule has 0 bridgehead atoms. The number of para-hydroxylation sites is 1. The molecule has 1 fully saturated rings. The highest BCUT2D eigenvalue weighted by Gasteiger charge is 2.36. The van der Waals surface area contributed by atoms with Gasteiger partial charge in [0.05, 0.1) is 6.67 Å². The topological polar surface area (TPSA) is 35.6 Å². The fraction of sp³-hybridized carbons (Fsp3) is 0.222. The van der Waals surface area contributed by atoms with Crippen molar-refractivity contribution in [2.45, 2.75) is 3.12 Å². The first-order valence-corrected chi connectivity index (χ1v) is 6.54. The molecule has 1 aromatic carbocycles. The number of carbonyl (C=O) groups is 1. The number of hydrogen-bond acceptors (Lipinski definition) is 3. The molecule has 17 heavy (non-hydrogen) atoms. The number of hydrogen-bond donors (Lipinski definition) is 1. The van der Waals surface area contributed by atoms with Gasteiger partial charge in [-0.3, -0.25) is 4.90 Å². The molecule has 4 nitrogen and oxygen atoms in total. The molecule has 1 saturated heterocycles. The van der Waals surface area contributed by atoms with Gasteiger partial charge in [0, 0.05) is 17.6 Å². The molecule has 2 rings (SSSR count). The molecular weight excluding hydrogens is 305 g/mol. The van der Waals surface area contributed by atoms with E-state index in [-0.39, 0.29) is 6.03 Å². The molecule has 1 heterocycles. The van der Waals surface area contributed by atoms with E-state index in [4.69, 9.17) is 34.8 Å². The first kappa shape index (κ1) is 13.1. The van der Waals surface area contributed by atoms with Crippen molar-refractivity contribution in [1.82, 2.24) is 9.84 Å². The molecule has 1 aromatic rings. The highest BCUT2D eigenvalue weighted by Crippen LogP contribution is 2.41. The Kier molecular flexibility index (Phi) is 3.95. The minimum atomic E-state index is -1.57. The number of amides is 2. The van der Waals surface area contributed by atoms with Gasteiger partial charge in [-0.1, -0.05) is 53.0 Å². The average molecular weight is 313 g/mol. The summed E-state index contributed by atoms with van der Waals surface area (Å²) in [6.45, 7) is 0.344. The van der Waals surface area contributed by atoms with Gasteiger partial charge in [-0.2, -0.15) is 9.84 Å². The quantitative estimate of drug-likeness (QED) is 0.672. The van der Waals surface area contributed by atoms with E-state index in [0.717, 1.165) is 17.6 Å². The van der Waals surface area contributed by atoms with Crippen LogP contribution in [0.4, 0.5) is 10.5 Å². The third-order valence-corrected chi connectivity index (χ3v) is 3.34. The summed E-state index contributed by atoms with van der Waals surface area (Å²) < 4.78 is -0.366. The minimum Gasteiger partial charge on any atom is -0.278 e. The number of benzene rings is 1. The third kappa shape index (κ3) is 3.33. The summed E-state index contributed by atoms with van der Waals surface area (Å²) in [5.74, 6) is 0. The van der Waals surface area contributed by atoms with Crippen molar-refractivity contribution in [3.05, 3.63) is 30.3 Å². The van der Waals surface area contributed by atoms with Crippen molar-refractivity contribution < 1.29 is 4.79 Å². The number of hydrazine groups is 1. The van der Waals surface area contributed by atoms with Crippen LogP contribution in [0.25, 0.3) is 0 Å². The van der Waals surface area contributed by atoms with Crippen LogP contribution in [0.5, 0.6) is 0 Å². The average Bonchev–Trinajstić information content (AvgIpc) is 2.60. The Bertz CT molecular complexity index is 412. The lowest BCUT2D eigenvalue weighted by molar-refractivity contribution is 0.236.